The van der Waals surface area contributed by atoms with Gasteiger partial charge in [0.05, 0.1) is 11.5 Å². The van der Waals surface area contributed by atoms with Crippen molar-refractivity contribution in [2.75, 3.05) is 25.0 Å². The molecule has 1 rings (SSSR count). The molecule has 8 nitrogen and oxygen atoms in total. The van der Waals surface area contributed by atoms with Gasteiger partial charge in [0.25, 0.3) is 5.69 Å². The zero-order chi connectivity index (χ0) is 16.5. The van der Waals surface area contributed by atoms with E-state index in [1.807, 2.05) is 6.92 Å². The molecule has 0 aliphatic rings. The quantitative estimate of drug-likeness (QED) is 0.530. The number of carboxylic acids is 1. The number of nitro benzene ring substituents is 1. The lowest BCUT2D eigenvalue weighted by molar-refractivity contribution is -0.383. The van der Waals surface area contributed by atoms with E-state index in [9.17, 15) is 19.7 Å². The second-order valence-corrected chi connectivity index (χ2v) is 4.74. The van der Waals surface area contributed by atoms with E-state index in [-0.39, 0.29) is 36.8 Å². The Morgan fingerprint density at radius 3 is 2.59 bits per heavy atom. The summed E-state index contributed by atoms with van der Waals surface area (Å²) in [6.07, 6.45) is 0.846. The maximum absolute atomic E-state index is 11.9. The lowest BCUT2D eigenvalue weighted by Crippen LogP contribution is -2.33. The Hall–Kier alpha value is -2.48. The molecule has 0 aliphatic carbocycles. The molecule has 22 heavy (non-hydrogen) atoms. The van der Waals surface area contributed by atoms with Gasteiger partial charge in [0.1, 0.15) is 5.69 Å². The van der Waals surface area contributed by atoms with Crippen LogP contribution in [0, 0.1) is 10.1 Å². The Morgan fingerprint density at radius 2 is 2.00 bits per heavy atom. The normalized spacial score (nSPS) is 10.5. The minimum absolute atomic E-state index is 0.0688. The van der Waals surface area contributed by atoms with Crippen molar-refractivity contribution in [2.24, 2.45) is 0 Å². The van der Waals surface area contributed by atoms with Crippen molar-refractivity contribution in [1.82, 2.24) is 4.90 Å². The van der Waals surface area contributed by atoms with E-state index in [4.69, 9.17) is 5.11 Å². The van der Waals surface area contributed by atoms with E-state index in [0.717, 1.165) is 6.42 Å². The lowest BCUT2D eigenvalue weighted by Gasteiger charge is -2.18. The molecule has 0 radical (unpaired) electrons. The fourth-order valence-electron chi connectivity index (χ4n) is 1.99. The van der Waals surface area contributed by atoms with Crippen LogP contribution in [0.4, 0.5) is 11.4 Å². The van der Waals surface area contributed by atoms with Gasteiger partial charge >= 0.3 is 5.97 Å². The molecule has 0 saturated heterocycles. The van der Waals surface area contributed by atoms with Gasteiger partial charge in [-0.25, -0.2) is 0 Å². The molecular formula is C14H19N3O5. The number of rotatable bonds is 9. The third-order valence-electron chi connectivity index (χ3n) is 2.93. The van der Waals surface area contributed by atoms with Crippen LogP contribution in [-0.4, -0.2) is 46.4 Å². The molecular weight excluding hydrogens is 290 g/mol. The summed E-state index contributed by atoms with van der Waals surface area (Å²) >= 11 is 0. The first kappa shape index (κ1) is 17.6. The van der Waals surface area contributed by atoms with Crippen molar-refractivity contribution >= 4 is 23.3 Å². The number of anilines is 1. The second kappa shape index (κ2) is 8.73. The summed E-state index contributed by atoms with van der Waals surface area (Å²) in [7, 11) is 0. The maximum Gasteiger partial charge on any atom is 0.317 e. The van der Waals surface area contributed by atoms with Crippen LogP contribution in [0.1, 0.15) is 19.8 Å². The highest BCUT2D eigenvalue weighted by Crippen LogP contribution is 2.23. The monoisotopic (exact) mass is 309 g/mol. The summed E-state index contributed by atoms with van der Waals surface area (Å²) in [4.78, 5) is 34.5. The summed E-state index contributed by atoms with van der Waals surface area (Å²) < 4.78 is 0. The number of nitro groups is 1. The molecule has 0 heterocycles. The van der Waals surface area contributed by atoms with E-state index in [1.165, 1.54) is 18.2 Å². The number of aliphatic carboxylic acids is 1. The highest BCUT2D eigenvalue weighted by Gasteiger charge is 2.16. The average Bonchev–Trinajstić information content (AvgIpc) is 2.45. The number of carbonyl (C=O) groups is 2. The van der Waals surface area contributed by atoms with Crippen molar-refractivity contribution in [3.63, 3.8) is 0 Å². The van der Waals surface area contributed by atoms with E-state index >= 15 is 0 Å². The Labute approximate surface area is 127 Å². The first-order valence-corrected chi connectivity index (χ1v) is 6.91. The molecule has 8 heteroatoms. The molecule has 120 valence electrons. The number of para-hydroxylation sites is 2. The zero-order valence-corrected chi connectivity index (χ0v) is 12.3. The Bertz CT molecular complexity index is 547. The molecule has 0 saturated carbocycles. The third kappa shape index (κ3) is 5.88. The first-order chi connectivity index (χ1) is 10.4. The largest absolute Gasteiger partial charge is 0.480 e. The molecule has 0 unspecified atom stereocenters. The summed E-state index contributed by atoms with van der Waals surface area (Å²) in [5, 5.41) is 22.1. The van der Waals surface area contributed by atoms with Crippen LogP contribution in [0.2, 0.25) is 0 Å². The van der Waals surface area contributed by atoms with Gasteiger partial charge in [-0.3, -0.25) is 24.6 Å². The van der Waals surface area contributed by atoms with Crippen LogP contribution in [0.15, 0.2) is 24.3 Å². The van der Waals surface area contributed by atoms with Crippen LogP contribution in [-0.2, 0) is 9.59 Å². The smallest absolute Gasteiger partial charge is 0.317 e. The topological polar surface area (TPSA) is 113 Å². The van der Waals surface area contributed by atoms with Gasteiger partial charge in [0.2, 0.25) is 5.91 Å². The predicted octanol–water partition coefficient (Wildman–Crippen LogP) is 1.72. The minimum Gasteiger partial charge on any atom is -0.480 e. The molecule has 2 N–H and O–H groups in total. The number of amides is 1. The van der Waals surface area contributed by atoms with Gasteiger partial charge in [-0.05, 0) is 19.0 Å². The highest BCUT2D eigenvalue weighted by atomic mass is 16.6. The second-order valence-electron chi connectivity index (χ2n) is 4.74. The fourth-order valence-corrected chi connectivity index (χ4v) is 1.99. The summed E-state index contributed by atoms with van der Waals surface area (Å²) in [5.41, 5.74) is -0.0374. The summed E-state index contributed by atoms with van der Waals surface area (Å²) in [6, 6.07) is 5.88. The van der Waals surface area contributed by atoms with Crippen LogP contribution >= 0.6 is 0 Å². The molecule has 0 aliphatic heterocycles. The maximum atomic E-state index is 11.9. The number of carbonyl (C=O) groups excluding carboxylic acids is 1. The van der Waals surface area contributed by atoms with Crippen LogP contribution in [0.3, 0.4) is 0 Å². The molecule has 0 atom stereocenters. The molecule has 1 aromatic carbocycles. The first-order valence-electron chi connectivity index (χ1n) is 6.91. The number of nitrogens with one attached hydrogen (secondary N) is 1. The SMILES string of the molecule is CCCN(CCC(=O)Nc1ccccc1[N+](=O)[O-])CC(=O)O. The van der Waals surface area contributed by atoms with Crippen molar-refractivity contribution in [3.8, 4) is 0 Å². The van der Waals surface area contributed by atoms with Crippen molar-refractivity contribution in [1.29, 1.82) is 0 Å². The van der Waals surface area contributed by atoms with E-state index in [0.29, 0.717) is 6.54 Å². The van der Waals surface area contributed by atoms with Crippen molar-refractivity contribution in [2.45, 2.75) is 19.8 Å². The Kier molecular flexibility index (Phi) is 6.97. The molecule has 1 aromatic rings. The van der Waals surface area contributed by atoms with E-state index in [1.54, 1.807) is 11.0 Å². The summed E-state index contributed by atoms with van der Waals surface area (Å²) in [5.74, 6) is -1.34. The molecule has 0 bridgehead atoms. The minimum atomic E-state index is -0.951. The molecule has 1 amide bonds. The molecule has 0 fully saturated rings. The van der Waals surface area contributed by atoms with Gasteiger partial charge in [-0.15, -0.1) is 0 Å². The molecule has 0 aromatic heterocycles. The molecule has 0 spiro atoms. The fraction of sp³-hybridized carbons (Fsp3) is 0.429. The van der Waals surface area contributed by atoms with Crippen LogP contribution in [0.5, 0.6) is 0 Å². The number of benzene rings is 1. The van der Waals surface area contributed by atoms with Crippen LogP contribution < -0.4 is 5.32 Å². The number of nitrogens with zero attached hydrogens (tertiary/aromatic N) is 2. The Balaban J connectivity index is 2.59. The Morgan fingerprint density at radius 1 is 1.32 bits per heavy atom. The summed E-state index contributed by atoms with van der Waals surface area (Å²) in [6.45, 7) is 2.65. The van der Waals surface area contributed by atoms with Gasteiger partial charge in [0, 0.05) is 19.0 Å². The van der Waals surface area contributed by atoms with Crippen LogP contribution in [0.25, 0.3) is 0 Å². The number of hydrogen-bond acceptors (Lipinski definition) is 5. The standard InChI is InChI=1S/C14H19N3O5/c1-2-8-16(10-14(19)20)9-7-13(18)15-11-5-3-4-6-12(11)17(21)22/h3-6H,2,7-10H2,1H3,(H,15,18)(H,19,20). The number of hydrogen-bond donors (Lipinski definition) is 2. The van der Waals surface area contributed by atoms with Crippen molar-refractivity contribution in [3.05, 3.63) is 34.4 Å². The lowest BCUT2D eigenvalue weighted by atomic mass is 10.2. The zero-order valence-electron chi connectivity index (χ0n) is 12.3. The highest BCUT2D eigenvalue weighted by molar-refractivity contribution is 5.93. The predicted molar refractivity (Wildman–Crippen MR) is 80.7 cm³/mol. The number of carboxylic acid groups (broad SMARTS) is 1. The van der Waals surface area contributed by atoms with E-state index < -0.39 is 10.9 Å². The van der Waals surface area contributed by atoms with Gasteiger partial charge in [-0.1, -0.05) is 19.1 Å². The van der Waals surface area contributed by atoms with Gasteiger partial charge in [-0.2, -0.15) is 0 Å². The van der Waals surface area contributed by atoms with Gasteiger partial charge in [0.15, 0.2) is 0 Å². The van der Waals surface area contributed by atoms with E-state index in [2.05, 4.69) is 5.32 Å². The van der Waals surface area contributed by atoms with Crippen molar-refractivity contribution < 1.29 is 19.6 Å². The third-order valence-corrected chi connectivity index (χ3v) is 2.93. The van der Waals surface area contributed by atoms with Gasteiger partial charge < -0.3 is 10.4 Å². The average molecular weight is 309 g/mol.